The number of nitrogens with one attached hydrogen (secondary N) is 2. The largest absolute Gasteiger partial charge is 0.350 e. The monoisotopic (exact) mass is 453 g/mol. The predicted molar refractivity (Wildman–Crippen MR) is 127 cm³/mol. The van der Waals surface area contributed by atoms with E-state index in [1.165, 1.54) is 6.20 Å². The molecule has 34 heavy (non-hydrogen) atoms. The zero-order valence-electron chi connectivity index (χ0n) is 18.7. The molecule has 0 radical (unpaired) electrons. The number of aromatic nitrogens is 2. The molecule has 8 nitrogen and oxygen atoms in total. The molecular weight excluding hydrogens is 430 g/mol. The topological polar surface area (TPSA) is 96.3 Å². The summed E-state index contributed by atoms with van der Waals surface area (Å²) in [7, 11) is 1.96. The molecule has 3 amide bonds. The summed E-state index contributed by atoms with van der Waals surface area (Å²) in [5.74, 6) is -1.21. The van der Waals surface area contributed by atoms with E-state index in [2.05, 4.69) is 15.8 Å². The van der Waals surface area contributed by atoms with Crippen molar-refractivity contribution in [2.45, 2.75) is 19.0 Å². The van der Waals surface area contributed by atoms with E-state index >= 15 is 0 Å². The first-order valence-electron chi connectivity index (χ1n) is 10.9. The van der Waals surface area contributed by atoms with Crippen molar-refractivity contribution in [1.82, 2.24) is 25.3 Å². The van der Waals surface area contributed by atoms with Crippen molar-refractivity contribution in [3.05, 3.63) is 102 Å². The third-order valence-corrected chi connectivity index (χ3v) is 6.24. The van der Waals surface area contributed by atoms with Gasteiger partial charge in [-0.1, -0.05) is 36.4 Å². The van der Waals surface area contributed by atoms with Gasteiger partial charge in [0.1, 0.15) is 6.04 Å². The Morgan fingerprint density at radius 1 is 0.971 bits per heavy atom. The minimum Gasteiger partial charge on any atom is -0.350 e. The molecule has 5 rings (SSSR count). The number of hydrogen-bond acceptors (Lipinski definition) is 4. The van der Waals surface area contributed by atoms with Crippen LogP contribution in [0.5, 0.6) is 0 Å². The van der Waals surface area contributed by atoms with Gasteiger partial charge in [0.15, 0.2) is 0 Å². The Balaban J connectivity index is 1.47. The Labute approximate surface area is 196 Å². The SMILES string of the molecule is C[C@@H](C(=O)NNC(=O)c1cccnc1)N1C(=O)c2ccccc2[C@@H]1c1cn(C)c2ccccc12. The van der Waals surface area contributed by atoms with E-state index in [0.29, 0.717) is 11.1 Å². The summed E-state index contributed by atoms with van der Waals surface area (Å²) in [5, 5.41) is 1.02. The molecule has 0 aliphatic carbocycles. The van der Waals surface area contributed by atoms with Crippen LogP contribution in [0.4, 0.5) is 0 Å². The van der Waals surface area contributed by atoms with E-state index in [0.717, 1.165) is 22.0 Å². The van der Waals surface area contributed by atoms with Crippen molar-refractivity contribution in [1.29, 1.82) is 0 Å². The molecule has 2 atom stereocenters. The van der Waals surface area contributed by atoms with Gasteiger partial charge < -0.3 is 9.47 Å². The molecule has 0 saturated heterocycles. The van der Waals surface area contributed by atoms with Gasteiger partial charge in [0.2, 0.25) is 0 Å². The van der Waals surface area contributed by atoms with Gasteiger partial charge in [-0.15, -0.1) is 0 Å². The summed E-state index contributed by atoms with van der Waals surface area (Å²) in [6, 6.07) is 17.3. The lowest BCUT2D eigenvalue weighted by molar-refractivity contribution is -0.126. The second kappa shape index (κ2) is 8.47. The first-order chi connectivity index (χ1) is 16.5. The fraction of sp³-hybridized carbons (Fsp3) is 0.154. The molecule has 1 aliphatic heterocycles. The van der Waals surface area contributed by atoms with Gasteiger partial charge in [0, 0.05) is 47.7 Å². The Morgan fingerprint density at radius 2 is 1.74 bits per heavy atom. The smallest absolute Gasteiger partial charge is 0.271 e. The molecule has 3 heterocycles. The number of nitrogens with zero attached hydrogens (tertiary/aromatic N) is 3. The number of para-hydroxylation sites is 1. The third kappa shape index (κ3) is 3.49. The fourth-order valence-corrected chi connectivity index (χ4v) is 4.56. The number of hydrazine groups is 1. The predicted octanol–water partition coefficient (Wildman–Crippen LogP) is 2.97. The summed E-state index contributed by atoms with van der Waals surface area (Å²) < 4.78 is 2.02. The molecule has 2 N–H and O–H groups in total. The highest BCUT2D eigenvalue weighted by molar-refractivity contribution is 6.03. The maximum Gasteiger partial charge on any atom is 0.271 e. The van der Waals surface area contributed by atoms with Gasteiger partial charge in [0.25, 0.3) is 17.7 Å². The lowest BCUT2D eigenvalue weighted by atomic mass is 9.97. The average molecular weight is 454 g/mol. The van der Waals surface area contributed by atoms with Crippen LogP contribution in [0.15, 0.2) is 79.3 Å². The van der Waals surface area contributed by atoms with Crippen LogP contribution in [0, 0.1) is 0 Å². The molecule has 0 bridgehead atoms. The van der Waals surface area contributed by atoms with Crippen LogP contribution in [0.3, 0.4) is 0 Å². The van der Waals surface area contributed by atoms with E-state index in [4.69, 9.17) is 0 Å². The molecular formula is C26H23N5O3. The number of rotatable bonds is 4. The van der Waals surface area contributed by atoms with Crippen molar-refractivity contribution < 1.29 is 14.4 Å². The number of pyridine rings is 1. The molecule has 0 saturated carbocycles. The lowest BCUT2D eigenvalue weighted by Crippen LogP contribution is -2.52. The van der Waals surface area contributed by atoms with Crippen molar-refractivity contribution in [2.75, 3.05) is 0 Å². The minimum atomic E-state index is -0.849. The van der Waals surface area contributed by atoms with Crippen LogP contribution < -0.4 is 10.9 Å². The van der Waals surface area contributed by atoms with Crippen LogP contribution >= 0.6 is 0 Å². The molecule has 0 spiro atoms. The van der Waals surface area contributed by atoms with Gasteiger partial charge in [-0.05, 0) is 36.8 Å². The normalized spacial score (nSPS) is 15.8. The highest BCUT2D eigenvalue weighted by atomic mass is 16.2. The molecule has 1 aliphatic rings. The zero-order chi connectivity index (χ0) is 23.8. The first-order valence-corrected chi connectivity index (χ1v) is 10.9. The summed E-state index contributed by atoms with van der Waals surface area (Å²) in [6.45, 7) is 1.66. The van der Waals surface area contributed by atoms with E-state index < -0.39 is 23.9 Å². The molecule has 4 aromatic rings. The quantitative estimate of drug-likeness (QED) is 0.465. The van der Waals surface area contributed by atoms with Gasteiger partial charge in [-0.25, -0.2) is 0 Å². The van der Waals surface area contributed by atoms with Crippen molar-refractivity contribution in [2.24, 2.45) is 7.05 Å². The van der Waals surface area contributed by atoms with Gasteiger partial charge >= 0.3 is 0 Å². The maximum absolute atomic E-state index is 13.5. The number of benzene rings is 2. The Kier molecular flexibility index (Phi) is 5.33. The van der Waals surface area contributed by atoms with Crippen molar-refractivity contribution >= 4 is 28.6 Å². The Bertz CT molecular complexity index is 1410. The van der Waals surface area contributed by atoms with Crippen LogP contribution in [0.1, 0.15) is 44.8 Å². The Morgan fingerprint density at radius 3 is 2.53 bits per heavy atom. The number of fused-ring (bicyclic) bond motifs is 2. The van der Waals surface area contributed by atoms with Crippen LogP contribution in [0.25, 0.3) is 10.9 Å². The summed E-state index contributed by atoms with van der Waals surface area (Å²) in [5.41, 5.74) is 8.57. The summed E-state index contributed by atoms with van der Waals surface area (Å²) >= 11 is 0. The highest BCUT2D eigenvalue weighted by Gasteiger charge is 2.43. The number of amides is 3. The highest BCUT2D eigenvalue weighted by Crippen LogP contribution is 2.42. The standard InChI is InChI=1S/C26H23N5O3/c1-16(24(32)28-29-25(33)17-8-7-13-27-14-17)31-23(19-10-3-4-11-20(19)26(31)34)21-15-30(2)22-12-6-5-9-18(21)22/h3-16,23H,1-2H3,(H,28,32)(H,29,33)/t16-,23+/m0/s1. The van der Waals surface area contributed by atoms with E-state index in [9.17, 15) is 14.4 Å². The summed E-state index contributed by atoms with van der Waals surface area (Å²) in [6.07, 6.45) is 4.97. The average Bonchev–Trinajstić information content (AvgIpc) is 3.36. The van der Waals surface area contributed by atoms with E-state index in [-0.39, 0.29) is 5.91 Å². The van der Waals surface area contributed by atoms with Crippen molar-refractivity contribution in [3.63, 3.8) is 0 Å². The third-order valence-electron chi connectivity index (χ3n) is 6.24. The lowest BCUT2D eigenvalue weighted by Gasteiger charge is -2.30. The van der Waals surface area contributed by atoms with Crippen LogP contribution in [-0.4, -0.2) is 38.2 Å². The number of aryl methyl sites for hydroxylation is 1. The van der Waals surface area contributed by atoms with Gasteiger partial charge in [0.05, 0.1) is 11.6 Å². The number of hydrogen-bond donors (Lipinski definition) is 2. The van der Waals surface area contributed by atoms with Crippen LogP contribution in [-0.2, 0) is 11.8 Å². The maximum atomic E-state index is 13.5. The number of carbonyl (C=O) groups is 3. The van der Waals surface area contributed by atoms with Crippen molar-refractivity contribution in [3.8, 4) is 0 Å². The molecule has 170 valence electrons. The fourth-order valence-electron chi connectivity index (χ4n) is 4.56. The second-order valence-electron chi connectivity index (χ2n) is 8.28. The summed E-state index contributed by atoms with van der Waals surface area (Å²) in [4.78, 5) is 44.3. The Hall–Kier alpha value is -4.46. The van der Waals surface area contributed by atoms with Gasteiger partial charge in [-0.2, -0.15) is 0 Å². The molecule has 2 aromatic carbocycles. The van der Waals surface area contributed by atoms with Gasteiger partial charge in [-0.3, -0.25) is 30.2 Å². The number of carbonyl (C=O) groups excluding carboxylic acids is 3. The first kappa shape index (κ1) is 21.4. The molecule has 2 aromatic heterocycles. The zero-order valence-corrected chi connectivity index (χ0v) is 18.7. The second-order valence-corrected chi connectivity index (χ2v) is 8.28. The molecule has 8 heteroatoms. The molecule has 0 fully saturated rings. The van der Waals surface area contributed by atoms with Crippen LogP contribution in [0.2, 0.25) is 0 Å². The molecule has 0 unspecified atom stereocenters. The minimum absolute atomic E-state index is 0.227. The van der Waals surface area contributed by atoms with E-state index in [1.54, 1.807) is 36.2 Å². The van der Waals surface area contributed by atoms with E-state index in [1.807, 2.05) is 60.3 Å².